The molecule has 0 spiro atoms. The molecule has 0 aromatic rings. The maximum Gasteiger partial charge on any atom is 0.324 e. The molecule has 0 saturated heterocycles. The Bertz CT molecular complexity index is 185. The van der Waals surface area contributed by atoms with Gasteiger partial charge in [0.15, 0.2) is 5.56 Å². The second kappa shape index (κ2) is 7.94. The van der Waals surface area contributed by atoms with Crippen LogP contribution < -0.4 is 5.73 Å². The molecule has 0 fully saturated rings. The van der Waals surface area contributed by atoms with Gasteiger partial charge < -0.3 is 10.5 Å². The van der Waals surface area contributed by atoms with Crippen LogP contribution in [0.3, 0.4) is 0 Å². The smallest absolute Gasteiger partial charge is 0.324 e. The Labute approximate surface area is 97.3 Å². The van der Waals surface area contributed by atoms with Gasteiger partial charge >= 0.3 is 5.97 Å². The van der Waals surface area contributed by atoms with E-state index in [-0.39, 0.29) is 5.97 Å². The predicted molar refractivity (Wildman–Crippen MR) is 62.7 cm³/mol. The zero-order valence-electron chi connectivity index (χ0n) is 9.83. The fourth-order valence-electron chi connectivity index (χ4n) is 1.24. The van der Waals surface area contributed by atoms with Crippen molar-refractivity contribution in [3.63, 3.8) is 0 Å². The average molecular weight is 236 g/mol. The quantitative estimate of drug-likeness (QED) is 0.545. The van der Waals surface area contributed by atoms with Crippen molar-refractivity contribution in [3.8, 4) is 0 Å². The molecular formula is C11H22ClNO2. The summed E-state index contributed by atoms with van der Waals surface area (Å²) in [5, 5.41) is 0. The molecule has 0 radical (unpaired) electrons. The van der Waals surface area contributed by atoms with E-state index in [1.807, 2.05) is 13.8 Å². The Morgan fingerprint density at radius 2 is 2.07 bits per heavy atom. The Kier molecular flexibility index (Phi) is 7.79. The Morgan fingerprint density at radius 3 is 2.53 bits per heavy atom. The molecule has 0 aromatic carbocycles. The van der Waals surface area contributed by atoms with Crippen molar-refractivity contribution in [2.24, 2.45) is 11.7 Å². The highest BCUT2D eigenvalue weighted by Crippen LogP contribution is 2.11. The van der Waals surface area contributed by atoms with Gasteiger partial charge in [0.1, 0.15) is 6.04 Å². The van der Waals surface area contributed by atoms with Crippen molar-refractivity contribution in [2.45, 2.75) is 58.1 Å². The molecule has 4 heteroatoms. The molecule has 15 heavy (non-hydrogen) atoms. The van der Waals surface area contributed by atoms with E-state index in [9.17, 15) is 4.79 Å². The van der Waals surface area contributed by atoms with Crippen molar-refractivity contribution in [3.05, 3.63) is 0 Å². The molecular weight excluding hydrogens is 214 g/mol. The standard InChI is InChI=1S/C11H22ClNO2/c1-4-5-6-10(12)15-11(14)9(13)7-8(2)3/h8-10H,4-7,13H2,1-3H3/t9-,10?/m0/s1. The van der Waals surface area contributed by atoms with Gasteiger partial charge in [-0.2, -0.15) is 0 Å². The highest BCUT2D eigenvalue weighted by atomic mass is 35.5. The van der Waals surface area contributed by atoms with Crippen LogP contribution in [-0.2, 0) is 9.53 Å². The van der Waals surface area contributed by atoms with Crippen molar-refractivity contribution in [1.82, 2.24) is 0 Å². The second-order valence-electron chi connectivity index (χ2n) is 4.23. The van der Waals surface area contributed by atoms with Gasteiger partial charge in [0.25, 0.3) is 0 Å². The largest absolute Gasteiger partial charge is 0.445 e. The minimum atomic E-state index is -0.548. The zero-order valence-corrected chi connectivity index (χ0v) is 10.6. The van der Waals surface area contributed by atoms with E-state index in [4.69, 9.17) is 22.1 Å². The normalized spacial score (nSPS) is 15.1. The molecule has 1 unspecified atom stereocenters. The third kappa shape index (κ3) is 7.63. The average Bonchev–Trinajstić information content (AvgIpc) is 2.13. The van der Waals surface area contributed by atoms with Crippen LogP contribution in [0.5, 0.6) is 0 Å². The summed E-state index contributed by atoms with van der Waals surface area (Å²) in [5.41, 5.74) is 5.13. The van der Waals surface area contributed by atoms with E-state index in [1.54, 1.807) is 0 Å². The Hall–Kier alpha value is -0.280. The van der Waals surface area contributed by atoms with E-state index in [0.717, 1.165) is 12.8 Å². The monoisotopic (exact) mass is 235 g/mol. The number of esters is 1. The molecule has 90 valence electrons. The molecule has 0 rings (SSSR count). The van der Waals surface area contributed by atoms with E-state index < -0.39 is 11.6 Å². The van der Waals surface area contributed by atoms with Gasteiger partial charge in [0.2, 0.25) is 0 Å². The number of carbonyl (C=O) groups excluding carboxylic acids is 1. The SMILES string of the molecule is CCCCC(Cl)OC(=O)[C@@H](N)CC(C)C. The van der Waals surface area contributed by atoms with Gasteiger partial charge in [-0.3, -0.25) is 4.79 Å². The van der Waals surface area contributed by atoms with Gasteiger partial charge in [-0.05, 0) is 25.2 Å². The molecule has 0 amide bonds. The van der Waals surface area contributed by atoms with Crippen LogP contribution in [0.1, 0.15) is 46.5 Å². The summed E-state index contributed by atoms with van der Waals surface area (Å²) in [7, 11) is 0. The van der Waals surface area contributed by atoms with Crippen molar-refractivity contribution in [1.29, 1.82) is 0 Å². The Balaban J connectivity index is 3.80. The van der Waals surface area contributed by atoms with Crippen molar-refractivity contribution in [2.75, 3.05) is 0 Å². The van der Waals surface area contributed by atoms with E-state index in [1.165, 1.54) is 0 Å². The Morgan fingerprint density at radius 1 is 1.47 bits per heavy atom. The highest BCUT2D eigenvalue weighted by Gasteiger charge is 2.19. The lowest BCUT2D eigenvalue weighted by molar-refractivity contribution is -0.147. The summed E-state index contributed by atoms with van der Waals surface area (Å²) in [6.45, 7) is 6.10. The molecule has 2 N–H and O–H groups in total. The third-order valence-corrected chi connectivity index (χ3v) is 2.36. The van der Waals surface area contributed by atoms with Crippen molar-refractivity contribution < 1.29 is 9.53 Å². The number of hydrogen-bond donors (Lipinski definition) is 1. The lowest BCUT2D eigenvalue weighted by Crippen LogP contribution is -2.35. The fraction of sp³-hybridized carbons (Fsp3) is 0.909. The van der Waals surface area contributed by atoms with E-state index in [2.05, 4.69) is 6.92 Å². The number of halogens is 1. The van der Waals surface area contributed by atoms with Crippen LogP contribution in [0.25, 0.3) is 0 Å². The first kappa shape index (κ1) is 14.7. The first-order valence-corrected chi connectivity index (χ1v) is 6.01. The topological polar surface area (TPSA) is 52.3 Å². The number of rotatable bonds is 7. The minimum absolute atomic E-state index is 0.386. The number of unbranched alkanes of at least 4 members (excludes halogenated alkanes) is 1. The first-order valence-electron chi connectivity index (χ1n) is 5.57. The summed E-state index contributed by atoms with van der Waals surface area (Å²) >= 11 is 5.84. The molecule has 2 atom stereocenters. The number of ether oxygens (including phenoxy) is 1. The third-order valence-electron chi connectivity index (χ3n) is 2.06. The van der Waals surface area contributed by atoms with Gasteiger partial charge in [-0.25, -0.2) is 0 Å². The number of hydrogen-bond acceptors (Lipinski definition) is 3. The van der Waals surface area contributed by atoms with Gasteiger partial charge in [0, 0.05) is 0 Å². The molecule has 0 aliphatic carbocycles. The first-order chi connectivity index (χ1) is 6.97. The second-order valence-corrected chi connectivity index (χ2v) is 4.71. The van der Waals surface area contributed by atoms with E-state index >= 15 is 0 Å². The van der Waals surface area contributed by atoms with Crippen LogP contribution in [0.2, 0.25) is 0 Å². The van der Waals surface area contributed by atoms with Crippen LogP contribution in [0.15, 0.2) is 0 Å². The summed E-state index contributed by atoms with van der Waals surface area (Å²) in [5.74, 6) is -0.00299. The zero-order chi connectivity index (χ0) is 11.8. The predicted octanol–water partition coefficient (Wildman–Crippen LogP) is 2.66. The van der Waals surface area contributed by atoms with E-state index in [0.29, 0.717) is 18.8 Å². The van der Waals surface area contributed by atoms with Gasteiger partial charge in [0.05, 0.1) is 0 Å². The lowest BCUT2D eigenvalue weighted by Gasteiger charge is -2.16. The summed E-state index contributed by atoms with van der Waals surface area (Å²) in [6.07, 6.45) is 3.33. The fourth-order valence-corrected chi connectivity index (χ4v) is 1.48. The number of nitrogens with two attached hydrogens (primary N) is 1. The van der Waals surface area contributed by atoms with Crippen LogP contribution in [0.4, 0.5) is 0 Å². The molecule has 3 nitrogen and oxygen atoms in total. The molecule has 0 aromatic heterocycles. The van der Waals surface area contributed by atoms with Crippen LogP contribution >= 0.6 is 11.6 Å². The maximum atomic E-state index is 11.4. The van der Waals surface area contributed by atoms with Crippen LogP contribution in [0, 0.1) is 5.92 Å². The molecule has 0 bridgehead atoms. The number of alkyl halides is 1. The maximum absolute atomic E-state index is 11.4. The van der Waals surface area contributed by atoms with Gasteiger partial charge in [-0.15, -0.1) is 0 Å². The summed E-state index contributed by atoms with van der Waals surface area (Å²) in [4.78, 5) is 11.4. The molecule has 0 aliphatic rings. The summed E-state index contributed by atoms with van der Waals surface area (Å²) < 4.78 is 5.02. The molecule has 0 aliphatic heterocycles. The van der Waals surface area contributed by atoms with Gasteiger partial charge in [-0.1, -0.05) is 38.8 Å². The summed E-state index contributed by atoms with van der Waals surface area (Å²) in [6, 6.07) is -0.548. The minimum Gasteiger partial charge on any atom is -0.445 e. The van der Waals surface area contributed by atoms with Crippen LogP contribution in [-0.4, -0.2) is 17.6 Å². The highest BCUT2D eigenvalue weighted by molar-refractivity contribution is 6.20. The molecule has 0 heterocycles. The van der Waals surface area contributed by atoms with Crippen molar-refractivity contribution >= 4 is 17.6 Å². The molecule has 0 saturated carbocycles. The number of carbonyl (C=O) groups is 1. The lowest BCUT2D eigenvalue weighted by atomic mass is 10.1.